The summed E-state index contributed by atoms with van der Waals surface area (Å²) in [5.41, 5.74) is 5.02. The third-order valence-electron chi connectivity index (χ3n) is 2.00. The van der Waals surface area contributed by atoms with Crippen molar-refractivity contribution in [2.45, 2.75) is 13.8 Å². The van der Waals surface area contributed by atoms with Gasteiger partial charge in [-0.25, -0.2) is 4.98 Å². The van der Waals surface area contributed by atoms with Crippen LogP contribution in [0.3, 0.4) is 0 Å². The Kier molecular flexibility index (Phi) is 4.03. The first-order chi connectivity index (χ1) is 7.97. The average Bonchev–Trinajstić information content (AvgIpc) is 2.28. The van der Waals surface area contributed by atoms with Gasteiger partial charge in [-0.15, -0.1) is 0 Å². The second-order valence-corrected chi connectivity index (χ2v) is 3.63. The highest BCUT2D eigenvalue weighted by atomic mass is 16.6. The quantitative estimate of drug-likeness (QED) is 0.781. The molecule has 0 bridgehead atoms. The van der Waals surface area contributed by atoms with Crippen LogP contribution < -0.4 is 15.2 Å². The minimum Gasteiger partial charge on any atom is -0.493 e. The normalized spacial score (nSPS) is 10.1. The second kappa shape index (κ2) is 5.29. The van der Waals surface area contributed by atoms with Crippen LogP contribution in [0.4, 0.5) is 0 Å². The Balaban J connectivity index is 3.18. The van der Waals surface area contributed by atoms with Crippen molar-refractivity contribution in [1.82, 2.24) is 4.98 Å². The van der Waals surface area contributed by atoms with Gasteiger partial charge in [0, 0.05) is 12.3 Å². The molecule has 1 aromatic heterocycles. The molecule has 92 valence electrons. The number of pyridine rings is 1. The Morgan fingerprint density at radius 1 is 1.41 bits per heavy atom. The first-order valence-corrected chi connectivity index (χ1v) is 5.01. The molecule has 1 rings (SSSR count). The Hall–Kier alpha value is -2.11. The van der Waals surface area contributed by atoms with Crippen molar-refractivity contribution in [3.8, 4) is 11.5 Å². The van der Waals surface area contributed by atoms with Crippen molar-refractivity contribution in [1.29, 1.82) is 0 Å². The number of ether oxygens (including phenoxy) is 2. The Bertz CT molecular complexity index is 443. The van der Waals surface area contributed by atoms with Gasteiger partial charge in [0.15, 0.2) is 11.4 Å². The van der Waals surface area contributed by atoms with Gasteiger partial charge in [0.05, 0.1) is 13.0 Å². The zero-order chi connectivity index (χ0) is 13.0. The standard InChI is InChI=1S/C11H14N2O4/c1-6(2)11(15)17-9-7(16-3)4-5-13-8(9)10(12)14/h4-6H,1-3H3,(H2,12,14). The molecule has 0 fully saturated rings. The fraction of sp³-hybridized carbons (Fsp3) is 0.364. The minimum atomic E-state index is -0.782. The molecule has 0 aliphatic carbocycles. The summed E-state index contributed by atoms with van der Waals surface area (Å²) in [6, 6.07) is 1.48. The maximum Gasteiger partial charge on any atom is 0.313 e. The van der Waals surface area contributed by atoms with E-state index in [0.29, 0.717) is 0 Å². The van der Waals surface area contributed by atoms with E-state index >= 15 is 0 Å². The fourth-order valence-electron chi connectivity index (χ4n) is 1.08. The summed E-state index contributed by atoms with van der Waals surface area (Å²) in [6.07, 6.45) is 1.35. The van der Waals surface area contributed by atoms with E-state index in [1.165, 1.54) is 19.4 Å². The molecule has 1 amide bonds. The molecule has 17 heavy (non-hydrogen) atoms. The van der Waals surface area contributed by atoms with Crippen LogP contribution in [0.25, 0.3) is 0 Å². The van der Waals surface area contributed by atoms with Crippen molar-refractivity contribution in [3.05, 3.63) is 18.0 Å². The molecular weight excluding hydrogens is 224 g/mol. The molecule has 0 unspecified atom stereocenters. The van der Waals surface area contributed by atoms with Crippen LogP contribution >= 0.6 is 0 Å². The van der Waals surface area contributed by atoms with Gasteiger partial charge in [-0.1, -0.05) is 13.8 Å². The summed E-state index contributed by atoms with van der Waals surface area (Å²) in [5, 5.41) is 0. The van der Waals surface area contributed by atoms with E-state index in [2.05, 4.69) is 4.98 Å². The maximum atomic E-state index is 11.5. The summed E-state index contributed by atoms with van der Waals surface area (Å²) in [7, 11) is 1.40. The van der Waals surface area contributed by atoms with E-state index in [9.17, 15) is 9.59 Å². The van der Waals surface area contributed by atoms with Crippen LogP contribution in [0, 0.1) is 5.92 Å². The first kappa shape index (κ1) is 13.0. The van der Waals surface area contributed by atoms with Crippen molar-refractivity contribution >= 4 is 11.9 Å². The Morgan fingerprint density at radius 2 is 2.06 bits per heavy atom. The molecule has 1 aromatic rings. The number of aromatic nitrogens is 1. The average molecular weight is 238 g/mol. The van der Waals surface area contributed by atoms with Crippen molar-refractivity contribution in [2.24, 2.45) is 11.7 Å². The molecular formula is C11H14N2O4. The molecule has 6 heteroatoms. The summed E-state index contributed by atoms with van der Waals surface area (Å²) in [5.74, 6) is -1.40. The molecule has 0 spiro atoms. The third-order valence-corrected chi connectivity index (χ3v) is 2.00. The lowest BCUT2D eigenvalue weighted by molar-refractivity contribution is -0.137. The highest BCUT2D eigenvalue weighted by molar-refractivity contribution is 5.95. The number of nitrogens with zero attached hydrogens (tertiary/aromatic N) is 1. The van der Waals surface area contributed by atoms with Crippen LogP contribution in [0.2, 0.25) is 0 Å². The molecule has 0 aromatic carbocycles. The number of carbonyl (C=O) groups is 2. The van der Waals surface area contributed by atoms with Gasteiger partial charge < -0.3 is 15.2 Å². The highest BCUT2D eigenvalue weighted by Crippen LogP contribution is 2.29. The predicted octanol–water partition coefficient (Wildman–Crippen LogP) is 0.750. The summed E-state index contributed by atoms with van der Waals surface area (Å²) in [6.45, 7) is 3.35. The van der Waals surface area contributed by atoms with Crippen LogP contribution in [-0.2, 0) is 4.79 Å². The van der Waals surface area contributed by atoms with Crippen molar-refractivity contribution in [2.75, 3.05) is 7.11 Å². The number of rotatable bonds is 4. The largest absolute Gasteiger partial charge is 0.493 e. The van der Waals surface area contributed by atoms with Crippen LogP contribution in [0.5, 0.6) is 11.5 Å². The SMILES string of the molecule is COc1ccnc(C(N)=O)c1OC(=O)C(C)C. The van der Waals surface area contributed by atoms with E-state index in [0.717, 1.165) is 0 Å². The molecule has 2 N–H and O–H groups in total. The first-order valence-electron chi connectivity index (χ1n) is 5.01. The number of amides is 1. The lowest BCUT2D eigenvalue weighted by Gasteiger charge is -2.12. The summed E-state index contributed by atoms with van der Waals surface area (Å²) < 4.78 is 10.1. The zero-order valence-electron chi connectivity index (χ0n) is 9.89. The molecule has 0 saturated carbocycles. The predicted molar refractivity (Wildman–Crippen MR) is 59.8 cm³/mol. The second-order valence-electron chi connectivity index (χ2n) is 3.63. The van der Waals surface area contributed by atoms with E-state index in [1.807, 2.05) is 0 Å². The zero-order valence-corrected chi connectivity index (χ0v) is 9.89. The topological polar surface area (TPSA) is 91.5 Å². The monoisotopic (exact) mass is 238 g/mol. The number of esters is 1. The number of nitrogens with two attached hydrogens (primary N) is 1. The van der Waals surface area contributed by atoms with Crippen LogP contribution in [0.1, 0.15) is 24.3 Å². The number of carbonyl (C=O) groups excluding carboxylic acids is 2. The molecule has 0 atom stereocenters. The molecule has 0 aliphatic rings. The molecule has 0 saturated heterocycles. The van der Waals surface area contributed by atoms with Gasteiger partial charge in [0.25, 0.3) is 5.91 Å². The van der Waals surface area contributed by atoms with Gasteiger partial charge in [-0.3, -0.25) is 9.59 Å². The number of primary amides is 1. The number of hydrogen-bond donors (Lipinski definition) is 1. The fourth-order valence-corrected chi connectivity index (χ4v) is 1.08. The Morgan fingerprint density at radius 3 is 2.53 bits per heavy atom. The van der Waals surface area contributed by atoms with Gasteiger partial charge in [0.1, 0.15) is 0 Å². The smallest absolute Gasteiger partial charge is 0.313 e. The van der Waals surface area contributed by atoms with E-state index in [1.54, 1.807) is 13.8 Å². The third kappa shape index (κ3) is 2.93. The van der Waals surface area contributed by atoms with Crippen molar-refractivity contribution in [3.63, 3.8) is 0 Å². The number of hydrogen-bond acceptors (Lipinski definition) is 5. The molecule has 0 aliphatic heterocycles. The number of methoxy groups -OCH3 is 1. The van der Waals surface area contributed by atoms with Gasteiger partial charge in [-0.05, 0) is 0 Å². The lowest BCUT2D eigenvalue weighted by atomic mass is 10.2. The van der Waals surface area contributed by atoms with E-state index in [-0.39, 0.29) is 23.1 Å². The maximum absolute atomic E-state index is 11.5. The summed E-state index contributed by atoms with van der Waals surface area (Å²) in [4.78, 5) is 26.4. The van der Waals surface area contributed by atoms with Crippen molar-refractivity contribution < 1.29 is 19.1 Å². The highest BCUT2D eigenvalue weighted by Gasteiger charge is 2.20. The van der Waals surface area contributed by atoms with Crippen LogP contribution in [0.15, 0.2) is 12.3 Å². The Labute approximate surface area is 98.7 Å². The van der Waals surface area contributed by atoms with Gasteiger partial charge in [0.2, 0.25) is 5.75 Å². The van der Waals surface area contributed by atoms with E-state index in [4.69, 9.17) is 15.2 Å². The van der Waals surface area contributed by atoms with E-state index < -0.39 is 11.9 Å². The molecule has 0 radical (unpaired) electrons. The molecule has 6 nitrogen and oxygen atoms in total. The minimum absolute atomic E-state index is 0.0406. The molecule has 1 heterocycles. The lowest BCUT2D eigenvalue weighted by Crippen LogP contribution is -2.20. The van der Waals surface area contributed by atoms with Crippen LogP contribution in [-0.4, -0.2) is 24.0 Å². The van der Waals surface area contributed by atoms with Gasteiger partial charge >= 0.3 is 5.97 Å². The summed E-state index contributed by atoms with van der Waals surface area (Å²) >= 11 is 0. The van der Waals surface area contributed by atoms with Gasteiger partial charge in [-0.2, -0.15) is 0 Å².